The lowest BCUT2D eigenvalue weighted by atomic mass is 9.95. The van der Waals surface area contributed by atoms with E-state index in [1.54, 1.807) is 18.1 Å². The van der Waals surface area contributed by atoms with Crippen molar-refractivity contribution < 1.29 is 19.1 Å². The van der Waals surface area contributed by atoms with Gasteiger partial charge in [0.05, 0.1) is 19.3 Å². The monoisotopic (exact) mass is 370 g/mol. The molecule has 0 bridgehead atoms. The van der Waals surface area contributed by atoms with Crippen LogP contribution in [-0.2, 0) is 4.74 Å². The number of methoxy groups -OCH3 is 1. The molecule has 1 spiro atoms. The molecule has 0 saturated carbocycles. The zero-order valence-electron chi connectivity index (χ0n) is 15.2. The van der Waals surface area contributed by atoms with E-state index < -0.39 is 5.60 Å². The maximum Gasteiger partial charge on any atom is 0.407 e. The van der Waals surface area contributed by atoms with Gasteiger partial charge >= 0.3 is 6.09 Å². The zero-order valence-corrected chi connectivity index (χ0v) is 15.2. The number of aromatic amines is 1. The van der Waals surface area contributed by atoms with E-state index in [4.69, 9.17) is 9.47 Å². The largest absolute Gasteiger partial charge is 0.496 e. The molecule has 2 aliphatic rings. The molecule has 2 aliphatic heterocycles. The highest BCUT2D eigenvalue weighted by molar-refractivity contribution is 5.93. The van der Waals surface area contributed by atoms with Gasteiger partial charge in [-0.1, -0.05) is 12.1 Å². The van der Waals surface area contributed by atoms with Crippen LogP contribution in [0.15, 0.2) is 30.3 Å². The third-order valence-corrected chi connectivity index (χ3v) is 5.24. The highest BCUT2D eigenvalue weighted by atomic mass is 16.6. The number of para-hydroxylation sites is 1. The molecule has 0 radical (unpaired) electrons. The van der Waals surface area contributed by atoms with Crippen LogP contribution in [0, 0.1) is 0 Å². The molecule has 0 aliphatic carbocycles. The molecule has 4 rings (SSSR count). The summed E-state index contributed by atoms with van der Waals surface area (Å²) in [6.07, 6.45) is 1.80. The van der Waals surface area contributed by atoms with Gasteiger partial charge in [0, 0.05) is 25.1 Å². The topological polar surface area (TPSA) is 96.5 Å². The smallest absolute Gasteiger partial charge is 0.407 e. The predicted molar refractivity (Wildman–Crippen MR) is 97.5 cm³/mol. The number of hydrogen-bond acceptors (Lipinski definition) is 5. The lowest BCUT2D eigenvalue weighted by Gasteiger charge is -2.24. The van der Waals surface area contributed by atoms with Gasteiger partial charge in [0.25, 0.3) is 5.91 Å². The lowest BCUT2D eigenvalue weighted by molar-refractivity contribution is 0.0438. The van der Waals surface area contributed by atoms with E-state index in [1.165, 1.54) is 0 Å². The molecule has 2 saturated heterocycles. The quantitative estimate of drug-likeness (QED) is 0.863. The zero-order chi connectivity index (χ0) is 18.9. The van der Waals surface area contributed by atoms with Crippen molar-refractivity contribution in [3.8, 4) is 17.0 Å². The Morgan fingerprint density at radius 3 is 2.93 bits per heavy atom. The molecule has 3 heterocycles. The van der Waals surface area contributed by atoms with E-state index in [2.05, 4.69) is 15.5 Å². The van der Waals surface area contributed by atoms with Crippen LogP contribution >= 0.6 is 0 Å². The van der Waals surface area contributed by atoms with E-state index in [0.717, 1.165) is 18.4 Å². The second-order valence-electron chi connectivity index (χ2n) is 6.94. The van der Waals surface area contributed by atoms with Crippen LogP contribution in [0.1, 0.15) is 29.8 Å². The summed E-state index contributed by atoms with van der Waals surface area (Å²) in [5.74, 6) is 0.605. The van der Waals surface area contributed by atoms with Crippen LogP contribution < -0.4 is 10.1 Å². The molecule has 2 fully saturated rings. The first-order chi connectivity index (χ1) is 13.1. The van der Waals surface area contributed by atoms with Crippen LogP contribution in [0.3, 0.4) is 0 Å². The highest BCUT2D eigenvalue weighted by Crippen LogP contribution is 2.31. The van der Waals surface area contributed by atoms with Gasteiger partial charge in [-0.05, 0) is 31.0 Å². The fourth-order valence-electron chi connectivity index (χ4n) is 3.75. The number of H-pyrrole nitrogens is 1. The molecule has 1 atom stereocenters. The number of amides is 2. The third-order valence-electron chi connectivity index (χ3n) is 5.24. The molecule has 2 amide bonds. The Hall–Kier alpha value is -3.03. The molecule has 27 heavy (non-hydrogen) atoms. The number of hydrogen-bond donors (Lipinski definition) is 2. The number of benzene rings is 1. The van der Waals surface area contributed by atoms with Crippen molar-refractivity contribution in [2.75, 3.05) is 26.7 Å². The average Bonchev–Trinajstić information content (AvgIpc) is 3.25. The molecule has 2 N–H and O–H groups in total. The van der Waals surface area contributed by atoms with Gasteiger partial charge in [-0.15, -0.1) is 0 Å². The molecule has 8 heteroatoms. The van der Waals surface area contributed by atoms with Gasteiger partial charge in [0.2, 0.25) is 0 Å². The minimum absolute atomic E-state index is 0.0991. The number of carbonyl (C=O) groups excluding carboxylic acids is 2. The second kappa shape index (κ2) is 6.94. The number of nitrogens with zero attached hydrogens (tertiary/aromatic N) is 2. The Morgan fingerprint density at radius 1 is 1.30 bits per heavy atom. The van der Waals surface area contributed by atoms with E-state index in [9.17, 15) is 9.59 Å². The number of likely N-dealkylation sites (tertiary alicyclic amines) is 1. The van der Waals surface area contributed by atoms with Gasteiger partial charge in [0.1, 0.15) is 17.0 Å². The standard InChI is InChI=1S/C19H22N4O4/c1-26-16-6-3-2-5-13(16)14-11-15(22-21-14)17(24)23-9-4-7-19(8-10-23)12-20-18(25)27-19/h2-3,5-6,11H,4,7-10,12H2,1H3,(H,20,25)(H,21,22). The second-order valence-corrected chi connectivity index (χ2v) is 6.94. The van der Waals surface area contributed by atoms with Gasteiger partial charge in [0.15, 0.2) is 0 Å². The molecule has 1 unspecified atom stereocenters. The SMILES string of the molecule is COc1ccccc1-c1cc(C(=O)N2CCCC3(CC2)CNC(=O)O3)[nH]n1. The fraction of sp³-hybridized carbons (Fsp3) is 0.421. The molecule has 1 aromatic heterocycles. The number of aromatic nitrogens is 2. The molecular formula is C19H22N4O4. The first-order valence-corrected chi connectivity index (χ1v) is 9.05. The minimum atomic E-state index is -0.483. The van der Waals surface area contributed by atoms with Crippen molar-refractivity contribution >= 4 is 12.0 Å². The van der Waals surface area contributed by atoms with Gasteiger partial charge in [-0.2, -0.15) is 5.10 Å². The Bertz CT molecular complexity index is 865. The van der Waals surface area contributed by atoms with E-state index in [0.29, 0.717) is 43.2 Å². The van der Waals surface area contributed by atoms with Crippen molar-refractivity contribution in [3.05, 3.63) is 36.0 Å². The number of carbonyl (C=O) groups is 2. The van der Waals surface area contributed by atoms with E-state index >= 15 is 0 Å². The average molecular weight is 370 g/mol. The van der Waals surface area contributed by atoms with Crippen LogP contribution in [-0.4, -0.2) is 59.4 Å². The Morgan fingerprint density at radius 2 is 2.15 bits per heavy atom. The summed E-state index contributed by atoms with van der Waals surface area (Å²) in [4.78, 5) is 26.1. The Balaban J connectivity index is 1.49. The lowest BCUT2D eigenvalue weighted by Crippen LogP contribution is -2.36. The summed E-state index contributed by atoms with van der Waals surface area (Å²) in [6, 6.07) is 9.30. The van der Waals surface area contributed by atoms with Crippen LogP contribution in [0.4, 0.5) is 4.79 Å². The van der Waals surface area contributed by atoms with Crippen molar-refractivity contribution in [2.45, 2.75) is 24.9 Å². The summed E-state index contributed by atoms with van der Waals surface area (Å²) >= 11 is 0. The van der Waals surface area contributed by atoms with Crippen LogP contribution in [0.2, 0.25) is 0 Å². The first-order valence-electron chi connectivity index (χ1n) is 9.05. The summed E-state index contributed by atoms with van der Waals surface area (Å²) in [7, 11) is 1.61. The van der Waals surface area contributed by atoms with Crippen molar-refractivity contribution in [2.24, 2.45) is 0 Å². The van der Waals surface area contributed by atoms with Gasteiger partial charge in [-0.25, -0.2) is 4.79 Å². The van der Waals surface area contributed by atoms with Crippen molar-refractivity contribution in [3.63, 3.8) is 0 Å². The molecule has 2 aromatic rings. The van der Waals surface area contributed by atoms with Crippen molar-refractivity contribution in [1.82, 2.24) is 20.4 Å². The Labute approximate surface area is 156 Å². The summed E-state index contributed by atoms with van der Waals surface area (Å²) in [6.45, 7) is 1.67. The summed E-state index contributed by atoms with van der Waals surface area (Å²) in [5.41, 5.74) is 1.45. The first kappa shape index (κ1) is 17.4. The number of ether oxygens (including phenoxy) is 2. The van der Waals surface area contributed by atoms with E-state index in [1.807, 2.05) is 24.3 Å². The molecular weight excluding hydrogens is 348 g/mol. The molecule has 142 valence electrons. The maximum atomic E-state index is 12.9. The third kappa shape index (κ3) is 3.34. The minimum Gasteiger partial charge on any atom is -0.496 e. The number of nitrogens with one attached hydrogen (secondary N) is 2. The van der Waals surface area contributed by atoms with Gasteiger partial charge in [-0.3, -0.25) is 9.89 Å². The highest BCUT2D eigenvalue weighted by Gasteiger charge is 2.42. The van der Waals surface area contributed by atoms with Crippen molar-refractivity contribution in [1.29, 1.82) is 0 Å². The number of rotatable bonds is 3. The normalized spacial score (nSPS) is 22.3. The summed E-state index contributed by atoms with van der Waals surface area (Å²) in [5, 5.41) is 9.85. The van der Waals surface area contributed by atoms with Crippen LogP contribution in [0.5, 0.6) is 5.75 Å². The van der Waals surface area contributed by atoms with E-state index in [-0.39, 0.29) is 12.0 Å². The number of alkyl carbamates (subject to hydrolysis) is 1. The molecule has 8 nitrogen and oxygen atoms in total. The fourth-order valence-corrected chi connectivity index (χ4v) is 3.75. The molecule has 1 aromatic carbocycles. The maximum absolute atomic E-state index is 12.9. The predicted octanol–water partition coefficient (Wildman–Crippen LogP) is 2.19. The Kier molecular flexibility index (Phi) is 4.47. The van der Waals surface area contributed by atoms with Crippen LogP contribution in [0.25, 0.3) is 11.3 Å². The van der Waals surface area contributed by atoms with Gasteiger partial charge < -0.3 is 19.7 Å². The summed E-state index contributed by atoms with van der Waals surface area (Å²) < 4.78 is 10.8.